The number of amides is 1. The molecule has 1 saturated heterocycles. The molecule has 0 unspecified atom stereocenters. The van der Waals surface area contributed by atoms with Crippen LogP contribution in [0.3, 0.4) is 0 Å². The molecule has 3 aromatic carbocycles. The number of anilines is 1. The number of hydrogen-bond donors (Lipinski definition) is 1. The molecule has 12 rings (SSSR count). The number of fused-ring (bicyclic) bond motifs is 5. The zero-order chi connectivity index (χ0) is 48.0. The van der Waals surface area contributed by atoms with E-state index in [9.17, 15) is 9.59 Å². The van der Waals surface area contributed by atoms with Gasteiger partial charge in [0.05, 0.1) is 45.7 Å². The lowest BCUT2D eigenvalue weighted by atomic mass is 9.83. The van der Waals surface area contributed by atoms with E-state index in [2.05, 4.69) is 46.2 Å². The van der Waals surface area contributed by atoms with Crippen LogP contribution in [0.5, 0.6) is 0 Å². The molecule has 2 aliphatic heterocycles. The van der Waals surface area contributed by atoms with Crippen LogP contribution in [0.15, 0.2) is 93.8 Å². The standard InChI is InChI=1S/C50H46F2N12O5/c1-25-16-32(17-26(2)40(25)51)64-44(61-14-13-60(48(61)67)37-11-10-36-33(41(37)52)23-55-59(36)7)39-28(4)62(43-34(42(39)57-64)22-53-24-54-43)45(65)38-19-31-18-29(30-12-15-68-49(5,6)21-30)8-9-35(31)63(38)50(20-27(50)3)46-56-47(66)69-58-46/h8-11,13-14,16-19,22-24,27-28,30H,12,15,20-21H2,1-7H3,(H,56,58,66)/t27-,28-,30-,50-/m0/s1. The number of imidazole rings is 1. The van der Waals surface area contributed by atoms with Crippen molar-refractivity contribution in [3.05, 3.63) is 146 Å². The Labute approximate surface area is 391 Å². The molecule has 1 N–H and O–H groups in total. The SMILES string of the molecule is Cc1cc(-n2nc3c(c2-n2ccn(-c4ccc5c(cnn5C)c4F)c2=O)[C@H](C)N(C(=O)c2cc4cc([C@H]5CCOC(C)(C)C5)ccc4n2[C@@]2(c4noc(=O)[nH]4)C[C@@H]2C)c2ncncc2-3)cc(C)c1F. The summed E-state index contributed by atoms with van der Waals surface area (Å²) in [6, 6.07) is 13.8. The highest BCUT2D eigenvalue weighted by Crippen LogP contribution is 2.56. The second kappa shape index (κ2) is 14.8. The highest BCUT2D eigenvalue weighted by molar-refractivity contribution is 6.11. The average molecular weight is 933 g/mol. The number of aryl methyl sites for hydroxylation is 3. The molecule has 0 bridgehead atoms. The van der Waals surface area contributed by atoms with Crippen LogP contribution in [0.2, 0.25) is 0 Å². The van der Waals surface area contributed by atoms with Crippen molar-refractivity contribution in [3.63, 3.8) is 0 Å². The number of rotatable bonds is 7. The lowest BCUT2D eigenvalue weighted by Gasteiger charge is -2.35. The van der Waals surface area contributed by atoms with Gasteiger partial charge in [-0.25, -0.2) is 33.0 Å². The van der Waals surface area contributed by atoms with Crippen molar-refractivity contribution < 1.29 is 22.8 Å². The van der Waals surface area contributed by atoms with Crippen molar-refractivity contribution in [1.29, 1.82) is 0 Å². The first-order chi connectivity index (χ1) is 33.1. The van der Waals surface area contributed by atoms with E-state index in [0.717, 1.165) is 29.3 Å². The fourth-order valence-electron chi connectivity index (χ4n) is 11.1. The van der Waals surface area contributed by atoms with E-state index in [-0.39, 0.29) is 46.0 Å². The third kappa shape index (κ3) is 6.21. The quantitative estimate of drug-likeness (QED) is 0.165. The third-order valence-electron chi connectivity index (χ3n) is 14.6. The maximum absolute atomic E-state index is 16.3. The van der Waals surface area contributed by atoms with Gasteiger partial charge in [0.15, 0.2) is 17.5 Å². The molecule has 69 heavy (non-hydrogen) atoms. The van der Waals surface area contributed by atoms with Gasteiger partial charge in [-0.3, -0.25) is 33.0 Å². The van der Waals surface area contributed by atoms with E-state index >= 15 is 13.6 Å². The second-order valence-electron chi connectivity index (χ2n) is 19.4. The third-order valence-corrected chi connectivity index (χ3v) is 14.6. The number of H-pyrrole nitrogens is 1. The van der Waals surface area contributed by atoms with E-state index in [1.807, 2.05) is 30.5 Å². The van der Waals surface area contributed by atoms with Gasteiger partial charge in [0.2, 0.25) is 0 Å². The monoisotopic (exact) mass is 932 g/mol. The molecule has 1 saturated carbocycles. The summed E-state index contributed by atoms with van der Waals surface area (Å²) in [6.07, 6.45) is 9.57. The van der Waals surface area contributed by atoms with Gasteiger partial charge in [-0.2, -0.15) is 10.2 Å². The van der Waals surface area contributed by atoms with Crippen LogP contribution in [-0.4, -0.2) is 71.5 Å². The predicted molar refractivity (Wildman–Crippen MR) is 250 cm³/mol. The molecule has 8 heterocycles. The zero-order valence-electron chi connectivity index (χ0n) is 38.8. The zero-order valence-corrected chi connectivity index (χ0v) is 38.8. The van der Waals surface area contributed by atoms with Crippen molar-refractivity contribution in [1.82, 2.24) is 53.4 Å². The Hall–Kier alpha value is -7.80. The predicted octanol–water partition coefficient (Wildman–Crippen LogP) is 7.86. The van der Waals surface area contributed by atoms with Gasteiger partial charge in [-0.15, -0.1) is 0 Å². The summed E-state index contributed by atoms with van der Waals surface area (Å²) < 4.78 is 50.4. The Morgan fingerprint density at radius 2 is 1.68 bits per heavy atom. The number of aromatic nitrogens is 11. The van der Waals surface area contributed by atoms with Crippen molar-refractivity contribution in [3.8, 4) is 28.5 Å². The number of halogens is 2. The van der Waals surface area contributed by atoms with E-state index in [0.29, 0.717) is 63.7 Å². The number of nitrogens with zero attached hydrogens (tertiary/aromatic N) is 11. The number of carbonyl (C=O) groups excluding carboxylic acids is 1. The molecule has 0 radical (unpaired) electrons. The topological polar surface area (TPSA) is 182 Å². The largest absolute Gasteiger partial charge is 0.438 e. The van der Waals surface area contributed by atoms with Crippen LogP contribution >= 0.6 is 0 Å². The number of hydrogen-bond acceptors (Lipinski definition) is 10. The Bertz CT molecular complexity index is 3730. The maximum atomic E-state index is 16.3. The number of ether oxygens (including phenoxy) is 1. The molecule has 4 atom stereocenters. The number of aromatic amines is 1. The Kier molecular flexibility index (Phi) is 9.16. The molecule has 2 fully saturated rings. The number of benzene rings is 3. The summed E-state index contributed by atoms with van der Waals surface area (Å²) in [5, 5.41) is 14.6. The van der Waals surface area contributed by atoms with Crippen molar-refractivity contribution in [2.45, 2.75) is 83.9 Å². The molecule has 3 aliphatic rings. The van der Waals surface area contributed by atoms with Crippen molar-refractivity contribution in [2.24, 2.45) is 13.0 Å². The lowest BCUT2D eigenvalue weighted by Crippen LogP contribution is -2.40. The molecule has 1 amide bonds. The van der Waals surface area contributed by atoms with Gasteiger partial charge in [0.1, 0.15) is 34.9 Å². The number of nitrogens with one attached hydrogen (secondary N) is 1. The van der Waals surface area contributed by atoms with Crippen molar-refractivity contribution >= 4 is 33.5 Å². The molecule has 19 heteroatoms. The molecule has 350 valence electrons. The van der Waals surface area contributed by atoms with Crippen LogP contribution in [-0.2, 0) is 17.3 Å². The van der Waals surface area contributed by atoms with Crippen LogP contribution in [0, 0.1) is 31.4 Å². The van der Waals surface area contributed by atoms with Gasteiger partial charge >= 0.3 is 11.4 Å². The summed E-state index contributed by atoms with van der Waals surface area (Å²) in [6.45, 7) is 12.0. The van der Waals surface area contributed by atoms with Crippen molar-refractivity contribution in [2.75, 3.05) is 11.5 Å². The normalized spacial score (nSPS) is 20.7. The minimum atomic E-state index is -0.946. The summed E-state index contributed by atoms with van der Waals surface area (Å²) in [5.41, 5.74) is 3.24. The summed E-state index contributed by atoms with van der Waals surface area (Å²) in [7, 11) is 1.71. The minimum Gasteiger partial charge on any atom is -0.376 e. The van der Waals surface area contributed by atoms with Crippen LogP contribution in [0.1, 0.15) is 97.5 Å². The van der Waals surface area contributed by atoms with E-state index in [1.54, 1.807) is 59.6 Å². The molecule has 6 aromatic heterocycles. The highest BCUT2D eigenvalue weighted by atomic mass is 19.1. The first-order valence-corrected chi connectivity index (χ1v) is 22.9. The molecular weight excluding hydrogens is 887 g/mol. The van der Waals surface area contributed by atoms with Gasteiger partial charge < -0.3 is 9.30 Å². The summed E-state index contributed by atoms with van der Waals surface area (Å²) in [5.74, 6) is -1.20. The Balaban J connectivity index is 1.07. The molecule has 0 spiro atoms. The smallest absolute Gasteiger partial charge is 0.376 e. The summed E-state index contributed by atoms with van der Waals surface area (Å²) >= 11 is 0. The lowest BCUT2D eigenvalue weighted by molar-refractivity contribution is -0.0592. The molecule has 9 aromatic rings. The van der Waals surface area contributed by atoms with Gasteiger partial charge in [0.25, 0.3) is 5.91 Å². The average Bonchev–Trinajstić information content (AvgIpc) is 3.96. The van der Waals surface area contributed by atoms with Crippen LogP contribution < -0.4 is 16.3 Å². The minimum absolute atomic E-state index is 0.00413. The first-order valence-electron chi connectivity index (χ1n) is 22.9. The second-order valence-corrected chi connectivity index (χ2v) is 19.4. The fraction of sp³-hybridized carbons (Fsp3) is 0.320. The highest BCUT2D eigenvalue weighted by Gasteiger charge is 2.59. The number of carbonyl (C=O) groups is 1. The Morgan fingerprint density at radius 1 is 0.928 bits per heavy atom. The van der Waals surface area contributed by atoms with Gasteiger partial charge in [0, 0.05) is 48.7 Å². The maximum Gasteiger partial charge on any atom is 0.438 e. The summed E-state index contributed by atoms with van der Waals surface area (Å²) in [4.78, 5) is 57.0. The fourth-order valence-corrected chi connectivity index (χ4v) is 11.1. The van der Waals surface area contributed by atoms with Crippen LogP contribution in [0.25, 0.3) is 50.3 Å². The molecule has 17 nitrogen and oxygen atoms in total. The van der Waals surface area contributed by atoms with E-state index in [4.69, 9.17) is 19.3 Å². The first kappa shape index (κ1) is 42.5. The van der Waals surface area contributed by atoms with Gasteiger partial charge in [-0.05, 0) is 125 Å². The Morgan fingerprint density at radius 3 is 2.41 bits per heavy atom. The van der Waals surface area contributed by atoms with E-state index in [1.165, 1.54) is 40.1 Å². The molecule has 1 aliphatic carbocycles. The van der Waals surface area contributed by atoms with E-state index < -0.39 is 34.8 Å². The van der Waals surface area contributed by atoms with Gasteiger partial charge in [-0.1, -0.05) is 18.1 Å². The van der Waals surface area contributed by atoms with Crippen LogP contribution in [0.4, 0.5) is 14.6 Å². The molecular formula is C50H46F2N12O5.